The minimum Gasteiger partial charge on any atom is -0.455 e. The molecule has 0 saturated carbocycles. The second-order valence-electron chi connectivity index (χ2n) is 14.2. The molecule has 55 heavy (non-hydrogen) atoms. The molecule has 2 heterocycles. The third-order valence-corrected chi connectivity index (χ3v) is 10.9. The van der Waals surface area contributed by atoms with Crippen molar-refractivity contribution in [3.63, 3.8) is 0 Å². The average molecular weight is 704 g/mol. The summed E-state index contributed by atoms with van der Waals surface area (Å²) in [6, 6.07) is 66.4. The van der Waals surface area contributed by atoms with E-state index in [2.05, 4.69) is 181 Å². The number of benzene rings is 9. The molecule has 0 bridgehead atoms. The van der Waals surface area contributed by atoms with Crippen LogP contribution in [0, 0.1) is 0 Å². The number of aliphatic imine (C=N–C) groups is 2. The molecule has 0 saturated heterocycles. The Bertz CT molecular complexity index is 3190. The Balaban J connectivity index is 1.10. The number of nitrogens with zero attached hydrogens (tertiary/aromatic N) is 2. The highest BCUT2D eigenvalue weighted by atomic mass is 16.3. The van der Waals surface area contributed by atoms with Gasteiger partial charge in [0.15, 0.2) is 6.17 Å². The summed E-state index contributed by atoms with van der Waals surface area (Å²) in [6.45, 7) is 0. The van der Waals surface area contributed by atoms with E-state index in [-0.39, 0.29) is 0 Å². The van der Waals surface area contributed by atoms with E-state index >= 15 is 0 Å². The van der Waals surface area contributed by atoms with Gasteiger partial charge in [0.2, 0.25) is 0 Å². The quantitative estimate of drug-likeness (QED) is 0.194. The number of hydrogen-bond donors (Lipinski definition) is 1. The fourth-order valence-electron chi connectivity index (χ4n) is 8.16. The Kier molecular flexibility index (Phi) is 7.20. The van der Waals surface area contributed by atoms with E-state index < -0.39 is 6.17 Å². The molecule has 1 aliphatic rings. The van der Waals surface area contributed by atoms with Crippen LogP contribution in [0.3, 0.4) is 0 Å². The molecule has 4 heteroatoms. The highest BCUT2D eigenvalue weighted by molar-refractivity contribution is 6.18. The van der Waals surface area contributed by atoms with Crippen molar-refractivity contribution in [3.8, 4) is 22.3 Å². The second-order valence-corrected chi connectivity index (χ2v) is 14.2. The molecule has 1 aromatic heterocycles. The van der Waals surface area contributed by atoms with Crippen LogP contribution in [0.4, 0.5) is 0 Å². The summed E-state index contributed by atoms with van der Waals surface area (Å²) >= 11 is 0. The van der Waals surface area contributed by atoms with Crippen molar-refractivity contribution < 1.29 is 4.42 Å². The summed E-state index contributed by atoms with van der Waals surface area (Å²) in [7, 11) is 0. The van der Waals surface area contributed by atoms with Crippen molar-refractivity contribution in [1.29, 1.82) is 0 Å². The summed E-state index contributed by atoms with van der Waals surface area (Å²) in [4.78, 5) is 10.8. The van der Waals surface area contributed by atoms with Gasteiger partial charge in [-0.2, -0.15) is 0 Å². The average Bonchev–Trinajstić information content (AvgIpc) is 3.65. The largest absolute Gasteiger partial charge is 0.455 e. The maximum absolute atomic E-state index is 6.77. The number of amidine groups is 2. The Morgan fingerprint density at radius 2 is 0.982 bits per heavy atom. The third kappa shape index (κ3) is 5.38. The summed E-state index contributed by atoms with van der Waals surface area (Å²) in [5, 5.41) is 12.8. The zero-order valence-corrected chi connectivity index (χ0v) is 29.8. The van der Waals surface area contributed by atoms with Crippen molar-refractivity contribution in [3.05, 3.63) is 205 Å². The number of para-hydroxylation sites is 1. The first-order valence-electron chi connectivity index (χ1n) is 18.7. The van der Waals surface area contributed by atoms with Crippen molar-refractivity contribution in [2.45, 2.75) is 6.17 Å². The molecule has 0 radical (unpaired) electrons. The predicted octanol–water partition coefficient (Wildman–Crippen LogP) is 12.9. The SMILES string of the molecule is c1ccc(-c2ccc3cc(C4=NC(c5ccc(-c6cccc7ccccc67)c6oc7ccccc7c56)N=C(c5ccc6ccccc6c5)N4)ccc3c2)cc1. The second kappa shape index (κ2) is 12.7. The van der Waals surface area contributed by atoms with E-state index in [4.69, 9.17) is 14.4 Å². The number of hydrogen-bond acceptors (Lipinski definition) is 4. The van der Waals surface area contributed by atoms with Gasteiger partial charge in [0.05, 0.1) is 0 Å². The summed E-state index contributed by atoms with van der Waals surface area (Å²) < 4.78 is 6.77. The molecular weight excluding hydrogens is 671 g/mol. The lowest BCUT2D eigenvalue weighted by molar-refractivity contribution is 0.669. The Morgan fingerprint density at radius 3 is 1.76 bits per heavy atom. The van der Waals surface area contributed by atoms with E-state index in [0.29, 0.717) is 0 Å². The normalized spacial score (nSPS) is 14.4. The minimum atomic E-state index is -0.529. The van der Waals surface area contributed by atoms with E-state index in [9.17, 15) is 0 Å². The number of furan rings is 1. The first-order valence-corrected chi connectivity index (χ1v) is 18.7. The molecule has 0 fully saturated rings. The van der Waals surface area contributed by atoms with Gasteiger partial charge in [-0.25, -0.2) is 9.98 Å². The van der Waals surface area contributed by atoms with Crippen LogP contribution in [0.15, 0.2) is 202 Å². The van der Waals surface area contributed by atoms with Crippen LogP contribution in [0.25, 0.3) is 76.5 Å². The van der Waals surface area contributed by atoms with Crippen LogP contribution in [0.2, 0.25) is 0 Å². The van der Waals surface area contributed by atoms with Gasteiger partial charge in [0.25, 0.3) is 0 Å². The van der Waals surface area contributed by atoms with Crippen LogP contribution in [0.1, 0.15) is 22.9 Å². The topological polar surface area (TPSA) is 49.9 Å². The maximum Gasteiger partial charge on any atom is 0.170 e. The molecule has 10 aromatic rings. The first kappa shape index (κ1) is 31.2. The number of fused-ring (bicyclic) bond motifs is 6. The van der Waals surface area contributed by atoms with E-state index in [1.54, 1.807) is 0 Å². The zero-order chi connectivity index (χ0) is 36.3. The molecule has 1 unspecified atom stereocenters. The monoisotopic (exact) mass is 703 g/mol. The van der Waals surface area contributed by atoms with Crippen LogP contribution < -0.4 is 5.32 Å². The van der Waals surface area contributed by atoms with Crippen LogP contribution in [-0.2, 0) is 0 Å². The third-order valence-electron chi connectivity index (χ3n) is 10.9. The molecular formula is C51H33N3O. The molecule has 0 aliphatic carbocycles. The Hall–Kier alpha value is -7.30. The number of nitrogens with one attached hydrogen (secondary N) is 1. The van der Waals surface area contributed by atoms with Gasteiger partial charge in [-0.05, 0) is 73.3 Å². The van der Waals surface area contributed by atoms with Gasteiger partial charge in [-0.1, -0.05) is 164 Å². The minimum absolute atomic E-state index is 0.529. The molecule has 1 N–H and O–H groups in total. The van der Waals surface area contributed by atoms with Gasteiger partial charge in [-0.15, -0.1) is 0 Å². The van der Waals surface area contributed by atoms with Crippen molar-refractivity contribution >= 4 is 65.9 Å². The lowest BCUT2D eigenvalue weighted by Gasteiger charge is -2.23. The molecule has 1 atom stereocenters. The molecule has 9 aromatic carbocycles. The molecule has 258 valence electrons. The Labute approximate surface area is 317 Å². The Morgan fingerprint density at radius 1 is 0.400 bits per heavy atom. The van der Waals surface area contributed by atoms with Gasteiger partial charge in [0, 0.05) is 33.0 Å². The van der Waals surface area contributed by atoms with Crippen LogP contribution in [0.5, 0.6) is 0 Å². The molecule has 4 nitrogen and oxygen atoms in total. The smallest absolute Gasteiger partial charge is 0.170 e. The highest BCUT2D eigenvalue weighted by Crippen LogP contribution is 2.43. The van der Waals surface area contributed by atoms with Gasteiger partial charge < -0.3 is 9.73 Å². The lowest BCUT2D eigenvalue weighted by Crippen LogP contribution is -2.36. The highest BCUT2D eigenvalue weighted by Gasteiger charge is 2.26. The van der Waals surface area contributed by atoms with E-state index in [1.807, 2.05) is 12.1 Å². The summed E-state index contributed by atoms with van der Waals surface area (Å²) in [6.07, 6.45) is -0.529. The summed E-state index contributed by atoms with van der Waals surface area (Å²) in [5.74, 6) is 1.55. The fraction of sp³-hybridized carbons (Fsp3) is 0.0196. The zero-order valence-electron chi connectivity index (χ0n) is 29.8. The van der Waals surface area contributed by atoms with Crippen LogP contribution >= 0.6 is 0 Å². The van der Waals surface area contributed by atoms with Crippen molar-refractivity contribution in [1.82, 2.24) is 5.32 Å². The maximum atomic E-state index is 6.77. The predicted molar refractivity (Wildman–Crippen MR) is 229 cm³/mol. The molecule has 0 amide bonds. The van der Waals surface area contributed by atoms with Crippen LogP contribution in [-0.4, -0.2) is 11.7 Å². The molecule has 1 aliphatic heterocycles. The molecule has 11 rings (SSSR count). The van der Waals surface area contributed by atoms with Gasteiger partial charge >= 0.3 is 0 Å². The summed E-state index contributed by atoms with van der Waals surface area (Å²) in [5.41, 5.74) is 9.26. The molecule has 0 spiro atoms. The first-order chi connectivity index (χ1) is 27.2. The van der Waals surface area contributed by atoms with Crippen molar-refractivity contribution in [2.75, 3.05) is 0 Å². The number of rotatable bonds is 5. The lowest BCUT2D eigenvalue weighted by atomic mass is 9.94. The fourth-order valence-corrected chi connectivity index (χ4v) is 8.16. The van der Waals surface area contributed by atoms with Gasteiger partial charge in [0.1, 0.15) is 22.8 Å². The van der Waals surface area contributed by atoms with E-state index in [0.717, 1.165) is 72.2 Å². The standard InChI is InChI=1S/C51H33N3O/c1-2-11-32(12-3-1)36-22-23-38-31-40(26-24-37(38)29-36)50-52-49(39-25-21-33-13-4-5-15-35(33)30-39)53-51(54-50)45-28-27-43(42-19-10-16-34-14-6-7-17-41(34)42)48-47(45)44-18-8-9-20-46(44)55-48/h1-31,51H,(H,52,53,54). The van der Waals surface area contributed by atoms with Gasteiger partial charge in [-0.3, -0.25) is 0 Å². The van der Waals surface area contributed by atoms with E-state index in [1.165, 1.54) is 32.7 Å². The van der Waals surface area contributed by atoms with Crippen molar-refractivity contribution in [2.24, 2.45) is 9.98 Å².